The first-order valence-corrected chi connectivity index (χ1v) is 8.13. The summed E-state index contributed by atoms with van der Waals surface area (Å²) >= 11 is 0. The Morgan fingerprint density at radius 3 is 2.67 bits per heavy atom. The van der Waals surface area contributed by atoms with Crippen molar-refractivity contribution in [2.75, 3.05) is 23.7 Å². The maximum atomic E-state index is 12.5. The highest BCUT2D eigenvalue weighted by Gasteiger charge is 2.23. The number of anilines is 2. The fourth-order valence-electron chi connectivity index (χ4n) is 3.02. The number of nitrogens with zero attached hydrogens (tertiary/aromatic N) is 1. The largest absolute Gasteiger partial charge is 0.398 e. The number of nitrogens with one attached hydrogen (secondary N) is 1. The van der Waals surface area contributed by atoms with E-state index < -0.39 is 0 Å². The topological polar surface area (TPSA) is 75.4 Å². The minimum absolute atomic E-state index is 0.0000933. The van der Waals surface area contributed by atoms with Crippen LogP contribution in [0, 0.1) is 0 Å². The van der Waals surface area contributed by atoms with Crippen LogP contribution >= 0.6 is 0 Å². The highest BCUT2D eigenvalue weighted by Crippen LogP contribution is 2.31. The number of rotatable bonds is 4. The smallest absolute Gasteiger partial charge is 0.246 e. The molecule has 124 valence electrons. The van der Waals surface area contributed by atoms with Gasteiger partial charge in [-0.15, -0.1) is 0 Å². The summed E-state index contributed by atoms with van der Waals surface area (Å²) in [4.78, 5) is 26.2. The van der Waals surface area contributed by atoms with Crippen LogP contribution in [-0.4, -0.2) is 24.9 Å². The van der Waals surface area contributed by atoms with Gasteiger partial charge in [-0.05, 0) is 36.1 Å². The van der Waals surface area contributed by atoms with E-state index >= 15 is 0 Å². The van der Waals surface area contributed by atoms with E-state index in [-0.39, 0.29) is 24.8 Å². The van der Waals surface area contributed by atoms with Crippen LogP contribution in [0.4, 0.5) is 11.4 Å². The van der Waals surface area contributed by atoms with Crippen LogP contribution in [0.2, 0.25) is 0 Å². The predicted octanol–water partition coefficient (Wildman–Crippen LogP) is 1.91. The molecule has 5 nitrogen and oxygen atoms in total. The maximum Gasteiger partial charge on any atom is 0.246 e. The summed E-state index contributed by atoms with van der Waals surface area (Å²) in [5.74, 6) is -0.262. The molecule has 0 aromatic heterocycles. The van der Waals surface area contributed by atoms with Crippen LogP contribution in [0.1, 0.15) is 17.5 Å². The van der Waals surface area contributed by atoms with E-state index in [4.69, 9.17) is 5.73 Å². The number of hydrogen-bond donors (Lipinski definition) is 2. The Hall–Kier alpha value is -2.82. The molecule has 0 saturated carbocycles. The first-order valence-electron chi connectivity index (χ1n) is 8.13. The van der Waals surface area contributed by atoms with Gasteiger partial charge in [0.1, 0.15) is 0 Å². The Morgan fingerprint density at radius 1 is 1.08 bits per heavy atom. The van der Waals surface area contributed by atoms with Crippen LogP contribution in [0.3, 0.4) is 0 Å². The van der Waals surface area contributed by atoms with Gasteiger partial charge in [0, 0.05) is 17.9 Å². The molecule has 0 radical (unpaired) electrons. The number of hydrogen-bond acceptors (Lipinski definition) is 3. The highest BCUT2D eigenvalue weighted by molar-refractivity contribution is 5.98. The highest BCUT2D eigenvalue weighted by atomic mass is 16.2. The van der Waals surface area contributed by atoms with Gasteiger partial charge < -0.3 is 16.0 Å². The van der Waals surface area contributed by atoms with Crippen LogP contribution in [0.5, 0.6) is 0 Å². The van der Waals surface area contributed by atoms with E-state index in [9.17, 15) is 9.59 Å². The third-order valence-corrected chi connectivity index (χ3v) is 4.23. The lowest BCUT2D eigenvalue weighted by molar-refractivity contribution is -0.124. The lowest BCUT2D eigenvalue weighted by Crippen LogP contribution is -2.43. The van der Waals surface area contributed by atoms with Gasteiger partial charge in [-0.2, -0.15) is 0 Å². The molecule has 1 aliphatic heterocycles. The number of carbonyl (C=O) groups excluding carboxylic acids is 2. The monoisotopic (exact) mass is 323 g/mol. The molecule has 5 heteroatoms. The SMILES string of the molecule is Nc1cccc2c1CCCN2C(=O)CNC(=O)Cc1ccccc1. The van der Waals surface area contributed by atoms with E-state index in [0.29, 0.717) is 6.54 Å². The number of fused-ring (bicyclic) bond motifs is 1. The molecule has 2 aromatic rings. The van der Waals surface area contributed by atoms with Crippen molar-refractivity contribution in [2.45, 2.75) is 19.3 Å². The number of benzene rings is 2. The average molecular weight is 323 g/mol. The normalized spacial score (nSPS) is 13.2. The molecular formula is C19H21N3O2. The molecule has 0 aliphatic carbocycles. The molecule has 2 amide bonds. The van der Waals surface area contributed by atoms with Gasteiger partial charge in [0.05, 0.1) is 13.0 Å². The van der Waals surface area contributed by atoms with Gasteiger partial charge in [-0.3, -0.25) is 9.59 Å². The number of nitrogen functional groups attached to an aromatic ring is 1. The van der Waals surface area contributed by atoms with E-state index in [1.807, 2.05) is 48.5 Å². The quantitative estimate of drug-likeness (QED) is 0.844. The molecule has 0 bridgehead atoms. The lowest BCUT2D eigenvalue weighted by Gasteiger charge is -2.30. The van der Waals surface area contributed by atoms with Crippen molar-refractivity contribution in [1.82, 2.24) is 5.32 Å². The zero-order valence-electron chi connectivity index (χ0n) is 13.5. The molecule has 3 rings (SSSR count). The Labute approximate surface area is 141 Å². The Morgan fingerprint density at radius 2 is 1.88 bits per heavy atom. The Kier molecular flexibility index (Phi) is 4.79. The Bertz CT molecular complexity index is 744. The number of amides is 2. The van der Waals surface area contributed by atoms with Crippen molar-refractivity contribution in [1.29, 1.82) is 0 Å². The van der Waals surface area contributed by atoms with Crippen LogP contribution in [-0.2, 0) is 22.4 Å². The van der Waals surface area contributed by atoms with Crippen molar-refractivity contribution in [2.24, 2.45) is 0 Å². The van der Waals surface area contributed by atoms with E-state index in [2.05, 4.69) is 5.32 Å². The molecule has 1 heterocycles. The first kappa shape index (κ1) is 16.1. The fraction of sp³-hybridized carbons (Fsp3) is 0.263. The van der Waals surface area contributed by atoms with Crippen LogP contribution in [0.25, 0.3) is 0 Å². The second-order valence-corrected chi connectivity index (χ2v) is 5.93. The summed E-state index contributed by atoms with van der Waals surface area (Å²) in [5, 5.41) is 2.71. The average Bonchev–Trinajstić information content (AvgIpc) is 2.60. The summed E-state index contributed by atoms with van der Waals surface area (Å²) in [7, 11) is 0. The van der Waals surface area contributed by atoms with Crippen LogP contribution in [0.15, 0.2) is 48.5 Å². The van der Waals surface area contributed by atoms with Crippen molar-refractivity contribution < 1.29 is 9.59 Å². The molecule has 0 spiro atoms. The zero-order valence-corrected chi connectivity index (χ0v) is 13.5. The van der Waals surface area contributed by atoms with E-state index in [1.54, 1.807) is 4.90 Å². The van der Waals surface area contributed by atoms with E-state index in [0.717, 1.165) is 35.3 Å². The molecule has 3 N–H and O–H groups in total. The fourth-order valence-corrected chi connectivity index (χ4v) is 3.02. The van der Waals surface area contributed by atoms with Gasteiger partial charge in [-0.25, -0.2) is 0 Å². The molecule has 0 fully saturated rings. The minimum atomic E-state index is -0.153. The van der Waals surface area contributed by atoms with Gasteiger partial charge in [0.2, 0.25) is 11.8 Å². The molecule has 0 saturated heterocycles. The van der Waals surface area contributed by atoms with Gasteiger partial charge >= 0.3 is 0 Å². The summed E-state index contributed by atoms with van der Waals surface area (Å²) in [6.07, 6.45) is 2.04. The van der Waals surface area contributed by atoms with E-state index in [1.165, 1.54) is 0 Å². The van der Waals surface area contributed by atoms with Gasteiger partial charge in [0.25, 0.3) is 0 Å². The first-order chi connectivity index (χ1) is 11.6. The minimum Gasteiger partial charge on any atom is -0.398 e. The summed E-state index contributed by atoms with van der Waals surface area (Å²) < 4.78 is 0. The number of nitrogens with two attached hydrogens (primary N) is 1. The molecule has 24 heavy (non-hydrogen) atoms. The summed E-state index contributed by atoms with van der Waals surface area (Å²) in [6, 6.07) is 15.1. The molecule has 2 aromatic carbocycles. The van der Waals surface area contributed by atoms with Crippen molar-refractivity contribution in [3.05, 3.63) is 59.7 Å². The maximum absolute atomic E-state index is 12.5. The van der Waals surface area contributed by atoms with Gasteiger partial charge in [-0.1, -0.05) is 36.4 Å². The lowest BCUT2D eigenvalue weighted by atomic mass is 10.00. The van der Waals surface area contributed by atoms with Crippen LogP contribution < -0.4 is 16.0 Å². The van der Waals surface area contributed by atoms with Crippen molar-refractivity contribution in [3.63, 3.8) is 0 Å². The molecular weight excluding hydrogens is 302 g/mol. The predicted molar refractivity (Wildman–Crippen MR) is 94.7 cm³/mol. The zero-order chi connectivity index (χ0) is 16.9. The summed E-state index contributed by atoms with van der Waals surface area (Å²) in [6.45, 7) is 0.656. The Balaban J connectivity index is 1.60. The second kappa shape index (κ2) is 7.17. The van der Waals surface area contributed by atoms with Gasteiger partial charge in [0.15, 0.2) is 0 Å². The summed E-state index contributed by atoms with van der Waals surface area (Å²) in [5.41, 5.74) is 9.54. The van der Waals surface area contributed by atoms with Crippen molar-refractivity contribution >= 4 is 23.2 Å². The second-order valence-electron chi connectivity index (χ2n) is 5.93. The third-order valence-electron chi connectivity index (χ3n) is 4.23. The van der Waals surface area contributed by atoms with Crippen molar-refractivity contribution in [3.8, 4) is 0 Å². The number of carbonyl (C=O) groups is 2. The standard InChI is InChI=1S/C19H21N3O2/c20-16-9-4-10-17-15(16)8-5-11-22(17)19(24)13-21-18(23)12-14-6-2-1-3-7-14/h1-4,6-7,9-10H,5,8,11-13,20H2,(H,21,23). The molecule has 0 atom stereocenters. The molecule has 1 aliphatic rings. The molecule has 0 unspecified atom stereocenters. The third kappa shape index (κ3) is 3.56.